The van der Waals surface area contributed by atoms with Crippen molar-refractivity contribution in [3.8, 4) is 17.3 Å². The van der Waals surface area contributed by atoms with Crippen LogP contribution in [0.25, 0.3) is 82.9 Å². The topological polar surface area (TPSA) is 40.6 Å². The molecule has 10 aromatic rings. The summed E-state index contributed by atoms with van der Waals surface area (Å²) in [5.74, 6) is 0.661. The molecule has 0 spiro atoms. The highest BCUT2D eigenvalue weighted by atomic mass is 15.2. The van der Waals surface area contributed by atoms with Crippen molar-refractivity contribution in [1.82, 2.24) is 23.7 Å². The first kappa shape index (κ1) is 24.3. The predicted molar refractivity (Wildman–Crippen MR) is 185 cm³/mol. The van der Waals surface area contributed by atoms with Crippen molar-refractivity contribution in [3.05, 3.63) is 152 Å². The summed E-state index contributed by atoms with van der Waals surface area (Å²) in [6.07, 6.45) is 1.98. The molecule has 10 rings (SSSR count). The van der Waals surface area contributed by atoms with E-state index in [-0.39, 0.29) is 0 Å². The molecule has 0 unspecified atom stereocenters. The van der Waals surface area contributed by atoms with Crippen molar-refractivity contribution in [2.75, 3.05) is 0 Å². The minimum atomic E-state index is 0.661. The van der Waals surface area contributed by atoms with E-state index in [4.69, 9.17) is 9.97 Å². The van der Waals surface area contributed by atoms with E-state index in [1.54, 1.807) is 0 Å². The maximum absolute atomic E-state index is 5.36. The highest BCUT2D eigenvalue weighted by Crippen LogP contribution is 2.37. The monoisotopic (exact) mass is 575 g/mol. The summed E-state index contributed by atoms with van der Waals surface area (Å²) in [5.41, 5.74) is 9.72. The van der Waals surface area contributed by atoms with Gasteiger partial charge in [-0.3, -0.25) is 4.57 Å². The maximum atomic E-state index is 5.36. The Hall–Kier alpha value is -6.20. The van der Waals surface area contributed by atoms with Gasteiger partial charge in [-0.1, -0.05) is 91.0 Å². The zero-order valence-corrected chi connectivity index (χ0v) is 24.2. The van der Waals surface area contributed by atoms with Gasteiger partial charge in [0.05, 0.1) is 39.3 Å². The van der Waals surface area contributed by atoms with E-state index >= 15 is 0 Å². The van der Waals surface area contributed by atoms with E-state index in [9.17, 15) is 0 Å². The number of benzene rings is 6. The van der Waals surface area contributed by atoms with Crippen LogP contribution in [0.5, 0.6) is 0 Å². The Balaban J connectivity index is 1.31. The van der Waals surface area contributed by atoms with Gasteiger partial charge in [0.1, 0.15) is 5.52 Å². The number of para-hydroxylation sites is 5. The molecule has 0 saturated heterocycles. The smallest absolute Gasteiger partial charge is 0.235 e. The summed E-state index contributed by atoms with van der Waals surface area (Å²) >= 11 is 0. The van der Waals surface area contributed by atoms with Gasteiger partial charge in [-0.2, -0.15) is 0 Å². The molecule has 5 heteroatoms. The molecule has 0 N–H and O–H groups in total. The third-order valence-electron chi connectivity index (χ3n) is 9.11. The van der Waals surface area contributed by atoms with Crippen molar-refractivity contribution < 1.29 is 0 Å². The normalized spacial score (nSPS) is 12.0. The maximum Gasteiger partial charge on any atom is 0.235 e. The number of hydrogen-bond acceptors (Lipinski definition) is 2. The van der Waals surface area contributed by atoms with Crippen molar-refractivity contribution in [2.24, 2.45) is 0 Å². The lowest BCUT2D eigenvalue weighted by molar-refractivity contribution is 1.01. The van der Waals surface area contributed by atoms with Crippen molar-refractivity contribution >= 4 is 65.5 Å². The van der Waals surface area contributed by atoms with Crippen LogP contribution in [0.2, 0.25) is 0 Å². The van der Waals surface area contributed by atoms with Crippen LogP contribution in [0.15, 0.2) is 152 Å². The summed E-state index contributed by atoms with van der Waals surface area (Å²) in [6, 6.07) is 51.5. The van der Waals surface area contributed by atoms with Crippen LogP contribution in [-0.4, -0.2) is 23.7 Å². The molecule has 0 aliphatic rings. The fraction of sp³-hybridized carbons (Fsp3) is 0. The van der Waals surface area contributed by atoms with Gasteiger partial charge in [-0.05, 0) is 54.6 Å². The fourth-order valence-corrected chi connectivity index (χ4v) is 7.21. The Morgan fingerprint density at radius 2 is 0.822 bits per heavy atom. The van der Waals surface area contributed by atoms with E-state index in [0.717, 1.165) is 44.3 Å². The molecular formula is C40H25N5. The molecule has 0 fully saturated rings. The van der Waals surface area contributed by atoms with Gasteiger partial charge >= 0.3 is 0 Å². The molecule has 0 amide bonds. The average molecular weight is 576 g/mol. The molecule has 6 aromatic carbocycles. The lowest BCUT2D eigenvalue weighted by Gasteiger charge is -2.10. The van der Waals surface area contributed by atoms with E-state index in [0.29, 0.717) is 5.95 Å². The zero-order valence-electron chi connectivity index (χ0n) is 24.2. The van der Waals surface area contributed by atoms with Crippen molar-refractivity contribution in [1.29, 1.82) is 0 Å². The van der Waals surface area contributed by atoms with Crippen LogP contribution in [-0.2, 0) is 0 Å². The standard InChI is InChI=1S/C40H25N5/c1-2-12-26(13-3-1)43-37-23-22-27(44-33-18-8-4-14-28(33)29-15-5-9-19-34(29)44)24-32(37)39-38(43)25-41-40(42-39)45-35-20-10-6-16-30(35)31-17-7-11-21-36(31)45/h1-25H. The molecule has 0 bridgehead atoms. The lowest BCUT2D eigenvalue weighted by atomic mass is 10.2. The first-order valence-corrected chi connectivity index (χ1v) is 15.2. The van der Waals surface area contributed by atoms with Crippen LogP contribution in [0.4, 0.5) is 0 Å². The average Bonchev–Trinajstić information content (AvgIpc) is 3.74. The summed E-state index contributed by atoms with van der Waals surface area (Å²) in [7, 11) is 0. The number of aromatic nitrogens is 5. The van der Waals surface area contributed by atoms with Gasteiger partial charge in [-0.15, -0.1) is 0 Å². The molecule has 4 aromatic heterocycles. The lowest BCUT2D eigenvalue weighted by Crippen LogP contribution is -2.01. The van der Waals surface area contributed by atoms with Crippen LogP contribution in [0.1, 0.15) is 0 Å². The van der Waals surface area contributed by atoms with Gasteiger partial charge in [0, 0.05) is 38.3 Å². The second-order valence-corrected chi connectivity index (χ2v) is 11.5. The number of nitrogens with zero attached hydrogens (tertiary/aromatic N) is 5. The van der Waals surface area contributed by atoms with Crippen LogP contribution in [0, 0.1) is 0 Å². The second-order valence-electron chi connectivity index (χ2n) is 11.5. The molecule has 0 radical (unpaired) electrons. The highest BCUT2D eigenvalue weighted by Gasteiger charge is 2.20. The van der Waals surface area contributed by atoms with Crippen molar-refractivity contribution in [2.45, 2.75) is 0 Å². The van der Waals surface area contributed by atoms with E-state index in [2.05, 4.69) is 159 Å². The van der Waals surface area contributed by atoms with E-state index in [1.807, 2.05) is 6.20 Å². The SMILES string of the molecule is c1ccc(-n2c3ccc(-n4c5ccccc5c5ccccc54)cc3c3nc(-n4c5ccccc5c5ccccc54)ncc32)cc1. The van der Waals surface area contributed by atoms with Gasteiger partial charge in [0.15, 0.2) is 0 Å². The van der Waals surface area contributed by atoms with E-state index < -0.39 is 0 Å². The molecule has 5 nitrogen and oxygen atoms in total. The van der Waals surface area contributed by atoms with Gasteiger partial charge < -0.3 is 9.13 Å². The molecule has 0 saturated carbocycles. The van der Waals surface area contributed by atoms with Gasteiger partial charge in [-0.25, -0.2) is 9.97 Å². The summed E-state index contributed by atoms with van der Waals surface area (Å²) < 4.78 is 6.83. The van der Waals surface area contributed by atoms with Gasteiger partial charge in [0.2, 0.25) is 5.95 Å². The first-order chi connectivity index (χ1) is 22.3. The Labute approximate surface area is 257 Å². The Morgan fingerprint density at radius 3 is 1.40 bits per heavy atom. The third kappa shape index (κ3) is 3.38. The molecule has 0 atom stereocenters. The highest BCUT2D eigenvalue weighted by molar-refractivity contribution is 6.12. The third-order valence-corrected chi connectivity index (χ3v) is 9.11. The number of fused-ring (bicyclic) bond motifs is 9. The van der Waals surface area contributed by atoms with Crippen molar-refractivity contribution in [3.63, 3.8) is 0 Å². The predicted octanol–water partition coefficient (Wildman–Crippen LogP) is 9.77. The fourth-order valence-electron chi connectivity index (χ4n) is 7.21. The Morgan fingerprint density at radius 1 is 0.356 bits per heavy atom. The minimum absolute atomic E-state index is 0.661. The van der Waals surface area contributed by atoms with Crippen LogP contribution in [0.3, 0.4) is 0 Å². The summed E-state index contributed by atoms with van der Waals surface area (Å²) in [5, 5.41) is 5.96. The quantitative estimate of drug-likeness (QED) is 0.210. The number of rotatable bonds is 3. The molecule has 4 heterocycles. The minimum Gasteiger partial charge on any atom is -0.309 e. The van der Waals surface area contributed by atoms with Gasteiger partial charge in [0.25, 0.3) is 0 Å². The first-order valence-electron chi connectivity index (χ1n) is 15.2. The summed E-state index contributed by atoms with van der Waals surface area (Å²) in [4.78, 5) is 10.4. The number of hydrogen-bond donors (Lipinski definition) is 0. The van der Waals surface area contributed by atoms with E-state index in [1.165, 1.54) is 32.6 Å². The largest absolute Gasteiger partial charge is 0.309 e. The molecule has 45 heavy (non-hydrogen) atoms. The zero-order chi connectivity index (χ0) is 29.5. The second kappa shape index (κ2) is 9.15. The molecular weight excluding hydrogens is 550 g/mol. The molecule has 0 aliphatic heterocycles. The molecule has 210 valence electrons. The summed E-state index contributed by atoms with van der Waals surface area (Å²) in [6.45, 7) is 0. The Bertz CT molecular complexity index is 2490. The van der Waals surface area contributed by atoms with Crippen LogP contribution < -0.4 is 0 Å². The van der Waals surface area contributed by atoms with Crippen LogP contribution >= 0.6 is 0 Å². The molecule has 0 aliphatic carbocycles. The Kier molecular flexibility index (Phi) is 4.93.